The average molecular weight is 411 g/mol. The molecule has 0 spiro atoms. The van der Waals surface area contributed by atoms with Crippen molar-refractivity contribution in [1.82, 2.24) is 9.47 Å². The standard InChI is InChI=1S/C24H27ClN2O2/c1-18(2)15-27(24(28)20-9-11-23(29-3)12-10-20)17-22-8-5-13-26(22)16-19-6-4-7-21(25)14-19/h4-14,18H,15-17H2,1-3H3. The molecule has 0 aliphatic rings. The van der Waals surface area contributed by atoms with Crippen molar-refractivity contribution in [2.45, 2.75) is 26.9 Å². The van der Waals surface area contributed by atoms with Crippen molar-refractivity contribution in [3.63, 3.8) is 0 Å². The number of carbonyl (C=O) groups excluding carboxylic acids is 1. The highest BCUT2D eigenvalue weighted by Crippen LogP contribution is 2.18. The van der Waals surface area contributed by atoms with E-state index in [0.717, 1.165) is 28.6 Å². The Morgan fingerprint density at radius 3 is 2.52 bits per heavy atom. The van der Waals surface area contributed by atoms with Gasteiger partial charge in [0.25, 0.3) is 5.91 Å². The second kappa shape index (κ2) is 9.66. The number of nitrogens with zero attached hydrogens (tertiary/aromatic N) is 2. The van der Waals surface area contributed by atoms with E-state index in [1.807, 2.05) is 59.6 Å². The lowest BCUT2D eigenvalue weighted by Crippen LogP contribution is -2.34. The van der Waals surface area contributed by atoms with Gasteiger partial charge >= 0.3 is 0 Å². The zero-order valence-corrected chi connectivity index (χ0v) is 17.9. The van der Waals surface area contributed by atoms with Crippen LogP contribution in [0.15, 0.2) is 66.9 Å². The molecule has 1 heterocycles. The fourth-order valence-electron chi connectivity index (χ4n) is 3.35. The van der Waals surface area contributed by atoms with E-state index in [2.05, 4.69) is 30.5 Å². The summed E-state index contributed by atoms with van der Waals surface area (Å²) < 4.78 is 7.37. The number of hydrogen-bond donors (Lipinski definition) is 0. The largest absolute Gasteiger partial charge is 0.497 e. The fourth-order valence-corrected chi connectivity index (χ4v) is 3.56. The van der Waals surface area contributed by atoms with Crippen molar-refractivity contribution in [1.29, 1.82) is 0 Å². The molecule has 1 amide bonds. The molecule has 5 heteroatoms. The summed E-state index contributed by atoms with van der Waals surface area (Å²) >= 11 is 6.13. The number of aromatic nitrogens is 1. The maximum Gasteiger partial charge on any atom is 0.254 e. The lowest BCUT2D eigenvalue weighted by molar-refractivity contribution is 0.0718. The summed E-state index contributed by atoms with van der Waals surface area (Å²) in [5.74, 6) is 1.14. The maximum atomic E-state index is 13.2. The highest BCUT2D eigenvalue weighted by Gasteiger charge is 2.19. The van der Waals surface area contributed by atoms with E-state index in [1.165, 1.54) is 0 Å². The minimum absolute atomic E-state index is 0.0249. The Labute approximate surface area is 177 Å². The lowest BCUT2D eigenvalue weighted by atomic mass is 10.1. The smallest absolute Gasteiger partial charge is 0.254 e. The van der Waals surface area contributed by atoms with Crippen LogP contribution in [-0.4, -0.2) is 29.0 Å². The molecule has 0 saturated heterocycles. The van der Waals surface area contributed by atoms with E-state index >= 15 is 0 Å². The molecule has 0 N–H and O–H groups in total. The summed E-state index contributed by atoms with van der Waals surface area (Å²) in [7, 11) is 1.62. The van der Waals surface area contributed by atoms with Gasteiger partial charge in [0.15, 0.2) is 0 Å². The molecule has 0 unspecified atom stereocenters. The van der Waals surface area contributed by atoms with Crippen LogP contribution in [0.5, 0.6) is 5.75 Å². The molecule has 0 atom stereocenters. The van der Waals surface area contributed by atoms with Crippen LogP contribution in [0, 0.1) is 5.92 Å². The Hall–Kier alpha value is -2.72. The molecule has 0 radical (unpaired) electrons. The third-order valence-corrected chi connectivity index (χ3v) is 4.96. The Kier molecular flexibility index (Phi) is 6.99. The van der Waals surface area contributed by atoms with E-state index in [4.69, 9.17) is 16.3 Å². The molecule has 3 rings (SSSR count). The van der Waals surface area contributed by atoms with Crippen molar-refractivity contribution in [3.05, 3.63) is 88.7 Å². The molecule has 3 aromatic rings. The van der Waals surface area contributed by atoms with Gasteiger partial charge in [-0.2, -0.15) is 0 Å². The number of hydrogen-bond acceptors (Lipinski definition) is 2. The molecule has 0 aliphatic carbocycles. The molecule has 29 heavy (non-hydrogen) atoms. The highest BCUT2D eigenvalue weighted by molar-refractivity contribution is 6.30. The number of rotatable bonds is 8. The topological polar surface area (TPSA) is 34.5 Å². The summed E-state index contributed by atoms with van der Waals surface area (Å²) in [4.78, 5) is 15.1. The number of methoxy groups -OCH3 is 1. The first-order chi connectivity index (χ1) is 14.0. The first kappa shape index (κ1) is 21.0. The van der Waals surface area contributed by atoms with Gasteiger partial charge < -0.3 is 14.2 Å². The molecule has 2 aromatic carbocycles. The molecule has 0 saturated carbocycles. The van der Waals surface area contributed by atoms with Gasteiger partial charge in [-0.15, -0.1) is 0 Å². The quantitative estimate of drug-likeness (QED) is 0.491. The third kappa shape index (κ3) is 5.64. The van der Waals surface area contributed by atoms with Crippen LogP contribution in [-0.2, 0) is 13.1 Å². The highest BCUT2D eigenvalue weighted by atomic mass is 35.5. The van der Waals surface area contributed by atoms with Crippen molar-refractivity contribution in [2.75, 3.05) is 13.7 Å². The number of amides is 1. The van der Waals surface area contributed by atoms with Gasteiger partial charge in [-0.05, 0) is 60.0 Å². The lowest BCUT2D eigenvalue weighted by Gasteiger charge is -2.25. The minimum Gasteiger partial charge on any atom is -0.497 e. The zero-order valence-electron chi connectivity index (χ0n) is 17.1. The van der Waals surface area contributed by atoms with Gasteiger partial charge in [-0.3, -0.25) is 4.79 Å². The van der Waals surface area contributed by atoms with Crippen LogP contribution in [0.1, 0.15) is 35.5 Å². The van der Waals surface area contributed by atoms with E-state index in [1.54, 1.807) is 7.11 Å². The molecule has 152 valence electrons. The molecule has 1 aromatic heterocycles. The van der Waals surface area contributed by atoms with Gasteiger partial charge in [0, 0.05) is 35.6 Å². The average Bonchev–Trinajstić information content (AvgIpc) is 3.13. The van der Waals surface area contributed by atoms with Crippen LogP contribution in [0.4, 0.5) is 0 Å². The zero-order chi connectivity index (χ0) is 20.8. The van der Waals surface area contributed by atoms with Crippen LogP contribution in [0.3, 0.4) is 0 Å². The van der Waals surface area contributed by atoms with Crippen LogP contribution >= 0.6 is 11.6 Å². The molecule has 0 bridgehead atoms. The first-order valence-corrected chi connectivity index (χ1v) is 10.2. The summed E-state index contributed by atoms with van der Waals surface area (Å²) in [6.07, 6.45) is 2.04. The van der Waals surface area contributed by atoms with Gasteiger partial charge in [-0.1, -0.05) is 37.6 Å². The van der Waals surface area contributed by atoms with Gasteiger partial charge in [0.2, 0.25) is 0 Å². The second-order valence-electron chi connectivity index (χ2n) is 7.57. The second-order valence-corrected chi connectivity index (χ2v) is 8.00. The Morgan fingerprint density at radius 2 is 1.86 bits per heavy atom. The van der Waals surface area contributed by atoms with E-state index in [9.17, 15) is 4.79 Å². The Bertz CT molecular complexity index is 948. The van der Waals surface area contributed by atoms with Crippen molar-refractivity contribution >= 4 is 17.5 Å². The third-order valence-electron chi connectivity index (χ3n) is 4.73. The van der Waals surface area contributed by atoms with Crippen molar-refractivity contribution < 1.29 is 9.53 Å². The van der Waals surface area contributed by atoms with Crippen LogP contribution in [0.2, 0.25) is 5.02 Å². The summed E-state index contributed by atoms with van der Waals surface area (Å²) in [6, 6.07) is 19.2. The van der Waals surface area contributed by atoms with Crippen LogP contribution in [0.25, 0.3) is 0 Å². The van der Waals surface area contributed by atoms with Gasteiger partial charge in [-0.25, -0.2) is 0 Å². The number of carbonyl (C=O) groups is 1. The summed E-state index contributed by atoms with van der Waals surface area (Å²) in [5.41, 5.74) is 2.89. The molecule has 0 fully saturated rings. The monoisotopic (exact) mass is 410 g/mol. The van der Waals surface area contributed by atoms with Crippen molar-refractivity contribution in [2.24, 2.45) is 5.92 Å². The predicted molar refractivity (Wildman–Crippen MR) is 118 cm³/mol. The normalized spacial score (nSPS) is 10.9. The maximum absolute atomic E-state index is 13.2. The van der Waals surface area contributed by atoms with Crippen molar-refractivity contribution in [3.8, 4) is 5.75 Å². The SMILES string of the molecule is COc1ccc(C(=O)N(Cc2cccn2Cc2cccc(Cl)c2)CC(C)C)cc1. The first-order valence-electron chi connectivity index (χ1n) is 9.78. The van der Waals surface area contributed by atoms with E-state index in [-0.39, 0.29) is 5.91 Å². The number of benzene rings is 2. The number of ether oxygens (including phenoxy) is 1. The predicted octanol–water partition coefficient (Wildman–Crippen LogP) is 5.50. The van der Waals surface area contributed by atoms with Gasteiger partial charge in [0.1, 0.15) is 5.75 Å². The number of halogens is 1. The molecular weight excluding hydrogens is 384 g/mol. The fraction of sp³-hybridized carbons (Fsp3) is 0.292. The summed E-state index contributed by atoms with van der Waals surface area (Å²) in [5, 5.41) is 0.729. The van der Waals surface area contributed by atoms with Gasteiger partial charge in [0.05, 0.1) is 13.7 Å². The molecular formula is C24H27ClN2O2. The molecule has 0 aliphatic heterocycles. The summed E-state index contributed by atoms with van der Waals surface area (Å²) in [6.45, 7) is 6.21. The van der Waals surface area contributed by atoms with Crippen LogP contribution < -0.4 is 4.74 Å². The molecule has 4 nitrogen and oxygen atoms in total. The minimum atomic E-state index is 0.0249. The Morgan fingerprint density at radius 1 is 1.10 bits per heavy atom. The van der Waals surface area contributed by atoms with E-state index in [0.29, 0.717) is 24.6 Å². The Balaban J connectivity index is 1.80. The van der Waals surface area contributed by atoms with E-state index < -0.39 is 0 Å².